The summed E-state index contributed by atoms with van der Waals surface area (Å²) in [6.07, 6.45) is -0.112. The molecule has 1 aromatic rings. The van der Waals surface area contributed by atoms with Crippen LogP contribution in [-0.4, -0.2) is 24.8 Å². The molecule has 22 heavy (non-hydrogen) atoms. The van der Waals surface area contributed by atoms with Gasteiger partial charge in [-0.05, 0) is 38.5 Å². The molecule has 0 bridgehead atoms. The molecule has 0 aliphatic rings. The van der Waals surface area contributed by atoms with Crippen molar-refractivity contribution in [1.29, 1.82) is 0 Å². The topological polar surface area (TPSA) is 73.6 Å². The van der Waals surface area contributed by atoms with Crippen molar-refractivity contribution in [2.24, 2.45) is 5.73 Å². The van der Waals surface area contributed by atoms with Crippen molar-refractivity contribution in [2.75, 3.05) is 6.66 Å². The number of nitrogens with two attached hydrogens (primary N) is 1. The molecule has 2 atom stereocenters. The van der Waals surface area contributed by atoms with Crippen molar-refractivity contribution in [2.45, 2.75) is 53.3 Å². The zero-order valence-electron chi connectivity index (χ0n) is 14.4. The summed E-state index contributed by atoms with van der Waals surface area (Å²) in [6.45, 7) is 11.8. The van der Waals surface area contributed by atoms with Gasteiger partial charge >= 0.3 is 5.97 Å². The van der Waals surface area contributed by atoms with Gasteiger partial charge in [-0.25, -0.2) is 0 Å². The Balaban J connectivity index is 0.00000211. The second-order valence-corrected chi connectivity index (χ2v) is 6.21. The monoisotopic (exact) mass is 328 g/mol. The molecular formula is C16H29N2O3P. The molecule has 1 rings (SSSR count). The minimum atomic E-state index is -0.950. The molecule has 0 heterocycles. The molecule has 0 fully saturated rings. The fourth-order valence-corrected chi connectivity index (χ4v) is 2.67. The van der Waals surface area contributed by atoms with E-state index in [-0.39, 0.29) is 12.1 Å². The number of hydrogen-bond donors (Lipinski definition) is 2. The van der Waals surface area contributed by atoms with E-state index in [4.69, 9.17) is 15.0 Å². The number of ether oxygens (including phenoxy) is 1. The molecule has 2 unspecified atom stereocenters. The van der Waals surface area contributed by atoms with Gasteiger partial charge in [0.05, 0.1) is 6.10 Å². The first-order valence-electron chi connectivity index (χ1n) is 7.59. The molecule has 126 valence electrons. The smallest absolute Gasteiger partial charge is 0.323 e. The lowest BCUT2D eigenvalue weighted by atomic mass is 10.2. The molecule has 3 N–H and O–H groups in total. The standard InChI is InChI=1S/C14H23N2O3P.C2H6/c1-10(2)18-14(17)11(3)16-20(4)19-13-7-5-12(9-15)6-8-13;1-2/h5-8,10-11,16H,9,15H2,1-4H3;1-2H3. The second kappa shape index (κ2) is 11.4. The molecule has 0 aromatic heterocycles. The summed E-state index contributed by atoms with van der Waals surface area (Å²) in [4.78, 5) is 11.7. The van der Waals surface area contributed by atoms with Crippen molar-refractivity contribution in [1.82, 2.24) is 5.09 Å². The van der Waals surface area contributed by atoms with Gasteiger partial charge in [0.1, 0.15) is 11.8 Å². The Morgan fingerprint density at radius 1 is 1.23 bits per heavy atom. The van der Waals surface area contributed by atoms with Crippen molar-refractivity contribution in [3.8, 4) is 5.75 Å². The van der Waals surface area contributed by atoms with Crippen LogP contribution in [0.3, 0.4) is 0 Å². The lowest BCUT2D eigenvalue weighted by molar-refractivity contribution is -0.148. The van der Waals surface area contributed by atoms with Gasteiger partial charge in [0, 0.05) is 13.2 Å². The normalized spacial score (nSPS) is 12.9. The number of nitrogens with one attached hydrogen (secondary N) is 1. The van der Waals surface area contributed by atoms with E-state index in [1.54, 1.807) is 6.92 Å². The highest BCUT2D eigenvalue weighted by molar-refractivity contribution is 7.49. The first kappa shape index (κ1) is 20.8. The maximum atomic E-state index is 11.7. The van der Waals surface area contributed by atoms with Crippen LogP contribution in [0, 0.1) is 0 Å². The zero-order valence-corrected chi connectivity index (χ0v) is 15.3. The third-order valence-corrected chi connectivity index (χ3v) is 3.72. The fraction of sp³-hybridized carbons (Fsp3) is 0.562. The van der Waals surface area contributed by atoms with E-state index in [1.165, 1.54) is 0 Å². The Labute approximate surface area is 135 Å². The highest BCUT2D eigenvalue weighted by Gasteiger charge is 2.18. The van der Waals surface area contributed by atoms with Gasteiger partial charge in [-0.15, -0.1) is 0 Å². The van der Waals surface area contributed by atoms with Crippen molar-refractivity contribution >= 4 is 14.3 Å². The van der Waals surface area contributed by atoms with Gasteiger partial charge in [-0.1, -0.05) is 26.0 Å². The Kier molecular flexibility index (Phi) is 10.8. The van der Waals surface area contributed by atoms with E-state index in [9.17, 15) is 4.79 Å². The Bertz CT molecular complexity index is 424. The van der Waals surface area contributed by atoms with Crippen LogP contribution < -0.4 is 15.3 Å². The third kappa shape index (κ3) is 8.32. The van der Waals surface area contributed by atoms with Gasteiger partial charge < -0.3 is 15.0 Å². The zero-order chi connectivity index (χ0) is 17.1. The predicted molar refractivity (Wildman–Crippen MR) is 93.0 cm³/mol. The molecular weight excluding hydrogens is 299 g/mol. The van der Waals surface area contributed by atoms with Crippen molar-refractivity contribution in [3.05, 3.63) is 29.8 Å². The molecule has 0 saturated heterocycles. The number of hydrogen-bond acceptors (Lipinski definition) is 5. The highest BCUT2D eigenvalue weighted by Crippen LogP contribution is 2.30. The van der Waals surface area contributed by atoms with E-state index in [0.717, 1.165) is 11.3 Å². The van der Waals surface area contributed by atoms with Crippen molar-refractivity contribution in [3.63, 3.8) is 0 Å². The van der Waals surface area contributed by atoms with E-state index in [2.05, 4.69) is 5.09 Å². The third-order valence-electron chi connectivity index (χ3n) is 2.48. The quantitative estimate of drug-likeness (QED) is 0.592. The van der Waals surface area contributed by atoms with E-state index in [1.807, 2.05) is 58.6 Å². The molecule has 5 nitrogen and oxygen atoms in total. The Morgan fingerprint density at radius 2 is 1.77 bits per heavy atom. The predicted octanol–water partition coefficient (Wildman–Crippen LogP) is 3.42. The first-order chi connectivity index (χ1) is 10.4. The lowest BCUT2D eigenvalue weighted by Gasteiger charge is -2.20. The van der Waals surface area contributed by atoms with Gasteiger partial charge in [0.25, 0.3) is 0 Å². The first-order valence-corrected chi connectivity index (χ1v) is 9.30. The van der Waals surface area contributed by atoms with Crippen LogP contribution in [0.4, 0.5) is 0 Å². The van der Waals surface area contributed by atoms with Gasteiger partial charge in [-0.3, -0.25) is 9.88 Å². The molecule has 0 saturated carbocycles. The maximum absolute atomic E-state index is 11.7. The summed E-state index contributed by atoms with van der Waals surface area (Å²) in [7, 11) is -0.950. The van der Waals surface area contributed by atoms with Crippen molar-refractivity contribution < 1.29 is 14.1 Å². The van der Waals surface area contributed by atoms with Gasteiger partial charge in [0.2, 0.25) is 0 Å². The second-order valence-electron chi connectivity index (χ2n) is 4.77. The fourth-order valence-electron chi connectivity index (χ4n) is 1.53. The van der Waals surface area contributed by atoms with Crippen LogP contribution in [-0.2, 0) is 16.1 Å². The Hall–Kier alpha value is -1.16. The molecule has 0 spiro atoms. The molecule has 0 radical (unpaired) electrons. The Morgan fingerprint density at radius 3 is 2.23 bits per heavy atom. The summed E-state index contributed by atoms with van der Waals surface area (Å²) in [5, 5.41) is 3.11. The summed E-state index contributed by atoms with van der Waals surface area (Å²) in [6, 6.07) is 7.21. The SMILES string of the molecule is CC.CC(C)OC(=O)C(C)NP(C)Oc1ccc(CN)cc1. The van der Waals surface area contributed by atoms with Crippen LogP contribution in [0.1, 0.15) is 40.2 Å². The minimum Gasteiger partial charge on any atom is -0.462 e. The number of carbonyl (C=O) groups excluding carboxylic acids is 1. The minimum absolute atomic E-state index is 0.112. The molecule has 6 heteroatoms. The van der Waals surface area contributed by atoms with E-state index >= 15 is 0 Å². The molecule has 1 aromatic carbocycles. The number of esters is 1. The number of rotatable bonds is 7. The van der Waals surface area contributed by atoms with E-state index < -0.39 is 14.3 Å². The number of carbonyl (C=O) groups is 1. The van der Waals surface area contributed by atoms with Crippen LogP contribution in [0.5, 0.6) is 5.75 Å². The van der Waals surface area contributed by atoms with Gasteiger partial charge in [0.15, 0.2) is 8.30 Å². The molecule has 0 aliphatic carbocycles. The summed E-state index contributed by atoms with van der Waals surface area (Å²) in [5.41, 5.74) is 6.59. The average Bonchev–Trinajstić information content (AvgIpc) is 2.49. The van der Waals surface area contributed by atoms with E-state index in [0.29, 0.717) is 6.54 Å². The number of benzene rings is 1. The average molecular weight is 328 g/mol. The lowest BCUT2D eigenvalue weighted by Crippen LogP contribution is -2.34. The summed E-state index contributed by atoms with van der Waals surface area (Å²) in [5.74, 6) is 0.490. The summed E-state index contributed by atoms with van der Waals surface area (Å²) >= 11 is 0. The van der Waals surface area contributed by atoms with Gasteiger partial charge in [-0.2, -0.15) is 0 Å². The highest BCUT2D eigenvalue weighted by atomic mass is 31.2. The molecule has 0 amide bonds. The van der Waals surface area contributed by atoms with Crippen LogP contribution in [0.2, 0.25) is 0 Å². The largest absolute Gasteiger partial charge is 0.462 e. The van der Waals surface area contributed by atoms with Crippen LogP contribution in [0.25, 0.3) is 0 Å². The maximum Gasteiger partial charge on any atom is 0.323 e. The van der Waals surface area contributed by atoms with Crippen LogP contribution >= 0.6 is 8.30 Å². The molecule has 0 aliphatic heterocycles. The summed E-state index contributed by atoms with van der Waals surface area (Å²) < 4.78 is 10.9. The van der Waals surface area contributed by atoms with Crippen LogP contribution in [0.15, 0.2) is 24.3 Å².